The maximum Gasteiger partial charge on any atom is 0.209 e. The first-order valence-electron chi connectivity index (χ1n) is 5.17. The first-order valence-corrected chi connectivity index (χ1v) is 6.34. The molecule has 1 aromatic carbocycles. The van der Waals surface area contributed by atoms with Gasteiger partial charge in [0.05, 0.1) is 11.2 Å². The van der Waals surface area contributed by atoms with Gasteiger partial charge in [-0.15, -0.1) is 0 Å². The highest BCUT2D eigenvalue weighted by Gasteiger charge is 2.11. The summed E-state index contributed by atoms with van der Waals surface area (Å²) >= 11 is 9.67. The molecule has 0 aliphatic carbocycles. The number of aryl methyl sites for hydroxylation is 2. The van der Waals surface area contributed by atoms with Gasteiger partial charge in [0.15, 0.2) is 0 Å². The Bertz CT molecular complexity index is 748. The number of rotatable bonds is 0. The van der Waals surface area contributed by atoms with Crippen LogP contribution in [-0.4, -0.2) is 14.4 Å². The molecule has 86 valence electrons. The number of fused-ring (bicyclic) bond motifs is 3. The van der Waals surface area contributed by atoms with Crippen molar-refractivity contribution in [2.75, 3.05) is 0 Å². The van der Waals surface area contributed by atoms with Gasteiger partial charge in [-0.25, -0.2) is 9.97 Å². The lowest BCUT2D eigenvalue weighted by atomic mass is 10.1. The molecule has 17 heavy (non-hydrogen) atoms. The van der Waals surface area contributed by atoms with E-state index in [1.807, 2.05) is 30.5 Å². The maximum atomic E-state index is 6.15. The molecule has 3 nitrogen and oxygen atoms in total. The van der Waals surface area contributed by atoms with Crippen LogP contribution < -0.4 is 0 Å². The van der Waals surface area contributed by atoms with Gasteiger partial charge >= 0.3 is 0 Å². The summed E-state index contributed by atoms with van der Waals surface area (Å²) in [5, 5.41) is 1.44. The van der Waals surface area contributed by atoms with Crippen LogP contribution in [0.15, 0.2) is 22.8 Å². The molecule has 0 N–H and O–H groups in total. The summed E-state index contributed by atoms with van der Waals surface area (Å²) in [6.07, 6.45) is 1.89. The summed E-state index contributed by atoms with van der Waals surface area (Å²) in [4.78, 5) is 8.90. The number of aromatic nitrogens is 3. The van der Waals surface area contributed by atoms with Gasteiger partial charge in [0.1, 0.15) is 5.65 Å². The van der Waals surface area contributed by atoms with Crippen molar-refractivity contribution in [3.63, 3.8) is 0 Å². The predicted octanol–water partition coefficient (Wildman–Crippen LogP) is 3.92. The standard InChI is InChI=1S/C12H9BrClN3/c1-6-3-8-10(9(13)4-6)16-12(14)17-5-7(2)15-11(8)17/h3-5H,1-2H3. The van der Waals surface area contributed by atoms with Crippen LogP contribution in [0.25, 0.3) is 16.6 Å². The van der Waals surface area contributed by atoms with Crippen LogP contribution in [0.1, 0.15) is 11.3 Å². The normalized spacial score (nSPS) is 11.5. The quantitative estimate of drug-likeness (QED) is 0.589. The van der Waals surface area contributed by atoms with E-state index in [9.17, 15) is 0 Å². The third kappa shape index (κ3) is 1.63. The summed E-state index contributed by atoms with van der Waals surface area (Å²) in [6, 6.07) is 4.10. The van der Waals surface area contributed by atoms with Gasteiger partial charge < -0.3 is 0 Å². The molecule has 2 heterocycles. The van der Waals surface area contributed by atoms with E-state index in [2.05, 4.69) is 32.0 Å². The Morgan fingerprint density at radius 3 is 2.76 bits per heavy atom. The van der Waals surface area contributed by atoms with Gasteiger partial charge in [-0.05, 0) is 59.1 Å². The number of halogens is 2. The van der Waals surface area contributed by atoms with Crippen LogP contribution in [0.2, 0.25) is 5.28 Å². The van der Waals surface area contributed by atoms with Gasteiger partial charge in [-0.1, -0.05) is 0 Å². The van der Waals surface area contributed by atoms with E-state index in [-0.39, 0.29) is 0 Å². The van der Waals surface area contributed by atoms with Crippen LogP contribution in [-0.2, 0) is 0 Å². The number of nitrogens with zero attached hydrogens (tertiary/aromatic N) is 3. The van der Waals surface area contributed by atoms with Crippen molar-refractivity contribution in [3.05, 3.63) is 39.3 Å². The highest BCUT2D eigenvalue weighted by molar-refractivity contribution is 9.10. The second-order valence-corrected chi connectivity index (χ2v) is 5.29. The molecule has 0 aliphatic heterocycles. The summed E-state index contributed by atoms with van der Waals surface area (Å²) in [5.41, 5.74) is 3.79. The first kappa shape index (κ1) is 11.0. The minimum Gasteiger partial charge on any atom is -0.274 e. The van der Waals surface area contributed by atoms with E-state index >= 15 is 0 Å². The Kier molecular flexibility index (Phi) is 2.38. The molecule has 0 saturated heterocycles. The van der Waals surface area contributed by atoms with E-state index in [4.69, 9.17) is 11.6 Å². The number of hydrogen-bond donors (Lipinski definition) is 0. The molecule has 0 aliphatic rings. The highest BCUT2D eigenvalue weighted by atomic mass is 79.9. The highest BCUT2D eigenvalue weighted by Crippen LogP contribution is 2.28. The van der Waals surface area contributed by atoms with Crippen LogP contribution in [0.4, 0.5) is 0 Å². The zero-order valence-corrected chi connectivity index (χ0v) is 11.7. The molecule has 2 aromatic heterocycles. The van der Waals surface area contributed by atoms with Gasteiger partial charge in [-0.2, -0.15) is 0 Å². The molecule has 0 spiro atoms. The molecule has 0 radical (unpaired) electrons. The SMILES string of the molecule is Cc1cc(Br)c2nc(Cl)n3cc(C)nc3c2c1. The molecule has 5 heteroatoms. The maximum absolute atomic E-state index is 6.15. The van der Waals surface area contributed by atoms with E-state index < -0.39 is 0 Å². The largest absolute Gasteiger partial charge is 0.274 e. The van der Waals surface area contributed by atoms with E-state index in [0.29, 0.717) is 5.28 Å². The summed E-state index contributed by atoms with van der Waals surface area (Å²) in [6.45, 7) is 3.99. The smallest absolute Gasteiger partial charge is 0.209 e. The predicted molar refractivity (Wildman–Crippen MR) is 72.7 cm³/mol. The van der Waals surface area contributed by atoms with Crippen LogP contribution >= 0.6 is 27.5 Å². The third-order valence-electron chi connectivity index (χ3n) is 2.68. The van der Waals surface area contributed by atoms with Crippen molar-refractivity contribution in [3.8, 4) is 0 Å². The lowest BCUT2D eigenvalue weighted by molar-refractivity contribution is 1.11. The van der Waals surface area contributed by atoms with Crippen molar-refractivity contribution in [1.82, 2.24) is 14.4 Å². The summed E-state index contributed by atoms with van der Waals surface area (Å²) in [7, 11) is 0. The van der Waals surface area contributed by atoms with Crippen LogP contribution in [0.3, 0.4) is 0 Å². The zero-order chi connectivity index (χ0) is 12.2. The molecule has 0 unspecified atom stereocenters. The molecule has 0 bridgehead atoms. The Labute approximate surface area is 112 Å². The van der Waals surface area contributed by atoms with Crippen molar-refractivity contribution in [1.29, 1.82) is 0 Å². The fourth-order valence-electron chi connectivity index (χ4n) is 1.99. The first-order chi connectivity index (χ1) is 8.06. The fourth-order valence-corrected chi connectivity index (χ4v) is 2.87. The Hall–Kier alpha value is -1.13. The molecule has 0 fully saturated rings. The Balaban J connectivity index is 2.62. The van der Waals surface area contributed by atoms with Gasteiger partial charge in [0.25, 0.3) is 0 Å². The fraction of sp³-hybridized carbons (Fsp3) is 0.167. The lowest BCUT2D eigenvalue weighted by Crippen LogP contribution is -1.93. The van der Waals surface area contributed by atoms with Crippen LogP contribution in [0.5, 0.6) is 0 Å². The minimum absolute atomic E-state index is 0.428. The molecule has 3 rings (SSSR count). The monoisotopic (exact) mass is 309 g/mol. The van der Waals surface area contributed by atoms with E-state index in [0.717, 1.165) is 32.3 Å². The molecule has 3 aromatic rings. The van der Waals surface area contributed by atoms with Gasteiger partial charge in [0.2, 0.25) is 5.28 Å². The Morgan fingerprint density at radius 1 is 1.24 bits per heavy atom. The molecular formula is C12H9BrClN3. The topological polar surface area (TPSA) is 30.2 Å². The Morgan fingerprint density at radius 2 is 2.00 bits per heavy atom. The number of imidazole rings is 1. The second-order valence-electron chi connectivity index (χ2n) is 4.10. The molecule has 0 saturated carbocycles. The van der Waals surface area contributed by atoms with Crippen molar-refractivity contribution < 1.29 is 0 Å². The summed E-state index contributed by atoms with van der Waals surface area (Å²) in [5.74, 6) is 0. The van der Waals surface area contributed by atoms with Crippen molar-refractivity contribution in [2.45, 2.75) is 13.8 Å². The lowest BCUT2D eigenvalue weighted by Gasteiger charge is -2.05. The van der Waals surface area contributed by atoms with Crippen LogP contribution in [0, 0.1) is 13.8 Å². The average Bonchev–Trinajstić information content (AvgIpc) is 2.63. The second kappa shape index (κ2) is 3.68. The average molecular weight is 311 g/mol. The van der Waals surface area contributed by atoms with Crippen molar-refractivity contribution >= 4 is 44.1 Å². The van der Waals surface area contributed by atoms with E-state index in [1.54, 1.807) is 0 Å². The number of benzene rings is 1. The summed E-state index contributed by atoms with van der Waals surface area (Å²) < 4.78 is 2.75. The molecular weight excluding hydrogens is 302 g/mol. The van der Waals surface area contributed by atoms with Crippen molar-refractivity contribution in [2.24, 2.45) is 0 Å². The minimum atomic E-state index is 0.428. The molecule has 0 atom stereocenters. The van der Waals surface area contributed by atoms with Gasteiger partial charge in [0, 0.05) is 16.1 Å². The molecule has 0 amide bonds. The van der Waals surface area contributed by atoms with E-state index in [1.165, 1.54) is 0 Å². The third-order valence-corrected chi connectivity index (χ3v) is 3.55. The zero-order valence-electron chi connectivity index (χ0n) is 9.33. The van der Waals surface area contributed by atoms with Gasteiger partial charge in [-0.3, -0.25) is 4.40 Å². The number of hydrogen-bond acceptors (Lipinski definition) is 2.